The van der Waals surface area contributed by atoms with Gasteiger partial charge in [-0.1, -0.05) is 52.9 Å². The first-order valence-corrected chi connectivity index (χ1v) is 9.27. The molecule has 0 amide bonds. The number of unbranched alkanes of at least 4 members (excludes halogenated alkanes) is 2. The average Bonchev–Trinajstić information content (AvgIpc) is 2.68. The quantitative estimate of drug-likeness (QED) is 0.596. The molecule has 1 aliphatic rings. The van der Waals surface area contributed by atoms with Crippen LogP contribution < -0.4 is 5.32 Å². The Morgan fingerprint density at radius 3 is 2.15 bits per heavy atom. The van der Waals surface area contributed by atoms with Gasteiger partial charge in [-0.25, -0.2) is 0 Å². The smallest absolute Gasteiger partial charge is 0.0107 e. The fourth-order valence-corrected chi connectivity index (χ4v) is 3.52. The van der Waals surface area contributed by atoms with Crippen LogP contribution in [0.4, 0.5) is 0 Å². The van der Waals surface area contributed by atoms with Crippen LogP contribution in [-0.2, 0) is 0 Å². The topological polar surface area (TPSA) is 15.3 Å². The van der Waals surface area contributed by atoms with Crippen LogP contribution in [0.2, 0.25) is 0 Å². The number of nitrogens with one attached hydrogen (secondary N) is 1. The molecule has 0 radical (unpaired) electrons. The Kier molecular flexibility index (Phi) is 10.4. The third kappa shape index (κ3) is 7.08. The summed E-state index contributed by atoms with van der Waals surface area (Å²) in [5, 5.41) is 3.77. The van der Waals surface area contributed by atoms with Crippen LogP contribution in [0.1, 0.15) is 78.6 Å². The van der Waals surface area contributed by atoms with E-state index in [0.29, 0.717) is 0 Å². The van der Waals surface area contributed by atoms with Crippen LogP contribution in [0.15, 0.2) is 0 Å². The molecule has 120 valence electrons. The number of nitrogens with zero attached hydrogens (tertiary/aromatic N) is 1. The summed E-state index contributed by atoms with van der Waals surface area (Å²) >= 11 is 0. The lowest BCUT2D eigenvalue weighted by atomic mass is 9.93. The van der Waals surface area contributed by atoms with E-state index in [1.165, 1.54) is 77.4 Å². The Labute approximate surface area is 127 Å². The van der Waals surface area contributed by atoms with Gasteiger partial charge in [0.1, 0.15) is 0 Å². The van der Waals surface area contributed by atoms with E-state index in [4.69, 9.17) is 0 Å². The summed E-state index contributed by atoms with van der Waals surface area (Å²) in [4.78, 5) is 2.76. The standard InChI is InChI=1S/C18H38N2/c1-4-7-14-20(15-8-5-2)16-17-12-10-9-11-13-18(17)19-6-3/h17-19H,4-16H2,1-3H3. The zero-order valence-electron chi connectivity index (χ0n) is 14.3. The summed E-state index contributed by atoms with van der Waals surface area (Å²) in [5.74, 6) is 0.881. The molecule has 2 nitrogen and oxygen atoms in total. The van der Waals surface area contributed by atoms with Crippen molar-refractivity contribution in [1.82, 2.24) is 10.2 Å². The molecule has 2 atom stereocenters. The Hall–Kier alpha value is -0.0800. The minimum absolute atomic E-state index is 0.772. The Bertz CT molecular complexity index is 209. The highest BCUT2D eigenvalue weighted by atomic mass is 15.1. The van der Waals surface area contributed by atoms with Gasteiger partial charge in [-0.05, 0) is 51.2 Å². The van der Waals surface area contributed by atoms with E-state index < -0.39 is 0 Å². The lowest BCUT2D eigenvalue weighted by Crippen LogP contribution is -2.42. The third-order valence-corrected chi connectivity index (χ3v) is 4.77. The van der Waals surface area contributed by atoms with Crippen LogP contribution in [0, 0.1) is 5.92 Å². The van der Waals surface area contributed by atoms with Gasteiger partial charge < -0.3 is 10.2 Å². The van der Waals surface area contributed by atoms with Crippen molar-refractivity contribution < 1.29 is 0 Å². The van der Waals surface area contributed by atoms with Gasteiger partial charge in [0.2, 0.25) is 0 Å². The molecular weight excluding hydrogens is 244 g/mol. The molecule has 1 fully saturated rings. The number of rotatable bonds is 10. The summed E-state index contributed by atoms with van der Waals surface area (Å²) < 4.78 is 0. The molecule has 0 aromatic carbocycles. The van der Waals surface area contributed by atoms with Crippen molar-refractivity contribution in [1.29, 1.82) is 0 Å². The van der Waals surface area contributed by atoms with Crippen molar-refractivity contribution in [3.8, 4) is 0 Å². The molecule has 0 aliphatic heterocycles. The average molecular weight is 283 g/mol. The molecular formula is C18H38N2. The first kappa shape index (κ1) is 18.0. The summed E-state index contributed by atoms with van der Waals surface area (Å²) in [7, 11) is 0. The highest BCUT2D eigenvalue weighted by Gasteiger charge is 2.24. The van der Waals surface area contributed by atoms with Crippen LogP contribution in [0.25, 0.3) is 0 Å². The lowest BCUT2D eigenvalue weighted by molar-refractivity contribution is 0.190. The minimum atomic E-state index is 0.772. The first-order valence-electron chi connectivity index (χ1n) is 9.27. The van der Waals surface area contributed by atoms with E-state index in [0.717, 1.165) is 18.5 Å². The zero-order valence-corrected chi connectivity index (χ0v) is 14.3. The summed E-state index contributed by atoms with van der Waals surface area (Å²) in [6, 6.07) is 0.772. The van der Waals surface area contributed by atoms with E-state index in [2.05, 4.69) is 31.0 Å². The van der Waals surface area contributed by atoms with Gasteiger partial charge >= 0.3 is 0 Å². The maximum absolute atomic E-state index is 3.77. The number of hydrogen-bond donors (Lipinski definition) is 1. The molecule has 1 aliphatic carbocycles. The zero-order chi connectivity index (χ0) is 14.6. The largest absolute Gasteiger partial charge is 0.314 e. The van der Waals surface area contributed by atoms with E-state index >= 15 is 0 Å². The highest BCUT2D eigenvalue weighted by molar-refractivity contribution is 4.81. The summed E-state index contributed by atoms with van der Waals surface area (Å²) in [6.07, 6.45) is 12.5. The van der Waals surface area contributed by atoms with Gasteiger partial charge in [-0.15, -0.1) is 0 Å². The van der Waals surface area contributed by atoms with Gasteiger partial charge in [0.05, 0.1) is 0 Å². The van der Waals surface area contributed by atoms with Crippen molar-refractivity contribution in [2.45, 2.75) is 84.6 Å². The second-order valence-electron chi connectivity index (χ2n) is 6.57. The Morgan fingerprint density at radius 2 is 1.55 bits per heavy atom. The minimum Gasteiger partial charge on any atom is -0.314 e. The molecule has 0 heterocycles. The maximum Gasteiger partial charge on any atom is 0.0107 e. The van der Waals surface area contributed by atoms with Crippen LogP contribution in [0.3, 0.4) is 0 Å². The van der Waals surface area contributed by atoms with E-state index in [-0.39, 0.29) is 0 Å². The van der Waals surface area contributed by atoms with Gasteiger partial charge in [0.25, 0.3) is 0 Å². The van der Waals surface area contributed by atoms with Crippen molar-refractivity contribution in [3.63, 3.8) is 0 Å². The monoisotopic (exact) mass is 282 g/mol. The van der Waals surface area contributed by atoms with Crippen LogP contribution in [0.5, 0.6) is 0 Å². The van der Waals surface area contributed by atoms with Crippen LogP contribution in [-0.4, -0.2) is 37.1 Å². The molecule has 0 aromatic rings. The van der Waals surface area contributed by atoms with Gasteiger partial charge in [0, 0.05) is 12.6 Å². The Balaban J connectivity index is 2.51. The normalized spacial score (nSPS) is 24.0. The molecule has 0 spiro atoms. The molecule has 2 unspecified atom stereocenters. The van der Waals surface area contributed by atoms with Crippen molar-refractivity contribution in [2.24, 2.45) is 5.92 Å². The molecule has 1 saturated carbocycles. The summed E-state index contributed by atoms with van der Waals surface area (Å²) in [6.45, 7) is 12.0. The fraction of sp³-hybridized carbons (Fsp3) is 1.00. The van der Waals surface area contributed by atoms with Gasteiger partial charge in [-0.2, -0.15) is 0 Å². The molecule has 2 heteroatoms. The molecule has 1 rings (SSSR count). The SMILES string of the molecule is CCCCN(CCCC)CC1CCCCCC1NCC. The Morgan fingerprint density at radius 1 is 0.900 bits per heavy atom. The molecule has 20 heavy (non-hydrogen) atoms. The molecule has 1 N–H and O–H groups in total. The van der Waals surface area contributed by atoms with E-state index in [1.807, 2.05) is 0 Å². The predicted octanol–water partition coefficient (Wildman–Crippen LogP) is 4.45. The highest BCUT2D eigenvalue weighted by Crippen LogP contribution is 2.24. The van der Waals surface area contributed by atoms with Crippen molar-refractivity contribution in [2.75, 3.05) is 26.2 Å². The lowest BCUT2D eigenvalue weighted by Gasteiger charge is -2.32. The van der Waals surface area contributed by atoms with E-state index in [1.54, 1.807) is 0 Å². The van der Waals surface area contributed by atoms with Gasteiger partial charge in [-0.3, -0.25) is 0 Å². The molecule has 0 bridgehead atoms. The third-order valence-electron chi connectivity index (χ3n) is 4.77. The second kappa shape index (κ2) is 11.6. The number of hydrogen-bond acceptors (Lipinski definition) is 2. The van der Waals surface area contributed by atoms with Gasteiger partial charge in [0.15, 0.2) is 0 Å². The van der Waals surface area contributed by atoms with E-state index in [9.17, 15) is 0 Å². The summed E-state index contributed by atoms with van der Waals surface area (Å²) in [5.41, 5.74) is 0. The second-order valence-corrected chi connectivity index (χ2v) is 6.57. The first-order chi connectivity index (χ1) is 9.81. The molecule has 0 aromatic heterocycles. The maximum atomic E-state index is 3.77. The van der Waals surface area contributed by atoms with Crippen molar-refractivity contribution in [3.05, 3.63) is 0 Å². The molecule has 0 saturated heterocycles. The fourth-order valence-electron chi connectivity index (χ4n) is 3.52. The predicted molar refractivity (Wildman–Crippen MR) is 90.3 cm³/mol. The van der Waals surface area contributed by atoms with Crippen LogP contribution >= 0.6 is 0 Å². The van der Waals surface area contributed by atoms with Crippen molar-refractivity contribution >= 4 is 0 Å².